The first kappa shape index (κ1) is 18.7. The molecule has 2 amide bonds. The molecule has 1 heterocycles. The lowest BCUT2D eigenvalue weighted by molar-refractivity contribution is -0.126. The van der Waals surface area contributed by atoms with E-state index in [1.54, 1.807) is 29.2 Å². The Bertz CT molecular complexity index is 508. The molecule has 0 bridgehead atoms. The van der Waals surface area contributed by atoms with Crippen LogP contribution in [0.15, 0.2) is 24.3 Å². The topological polar surface area (TPSA) is 61.4 Å². The third-order valence-electron chi connectivity index (χ3n) is 3.49. The third kappa shape index (κ3) is 4.87. The second kappa shape index (κ2) is 8.98. The molecule has 0 aromatic heterocycles. The number of carbonyl (C=O) groups excluding carboxylic acids is 2. The second-order valence-electron chi connectivity index (χ2n) is 5.03. The number of hydrogen-bond donors (Lipinski definition) is 2. The smallest absolute Gasteiger partial charge is 0.227 e. The van der Waals surface area contributed by atoms with E-state index in [1.807, 2.05) is 6.92 Å². The highest BCUT2D eigenvalue weighted by Crippen LogP contribution is 2.26. The summed E-state index contributed by atoms with van der Waals surface area (Å²) >= 11 is 5.84. The van der Waals surface area contributed by atoms with Crippen LogP contribution < -0.4 is 15.5 Å². The van der Waals surface area contributed by atoms with Crippen molar-refractivity contribution in [2.24, 2.45) is 5.92 Å². The van der Waals surface area contributed by atoms with Gasteiger partial charge in [0.1, 0.15) is 0 Å². The van der Waals surface area contributed by atoms with Crippen LogP contribution in [-0.2, 0) is 9.59 Å². The molecule has 1 saturated heterocycles. The normalized spacial score (nSPS) is 17.3. The van der Waals surface area contributed by atoms with Crippen molar-refractivity contribution in [3.63, 3.8) is 0 Å². The van der Waals surface area contributed by atoms with Gasteiger partial charge in [0, 0.05) is 36.8 Å². The molecule has 22 heavy (non-hydrogen) atoms. The van der Waals surface area contributed by atoms with Gasteiger partial charge >= 0.3 is 0 Å². The molecule has 2 rings (SSSR count). The van der Waals surface area contributed by atoms with E-state index >= 15 is 0 Å². The highest BCUT2D eigenvalue weighted by molar-refractivity contribution is 6.30. The Morgan fingerprint density at radius 2 is 2.00 bits per heavy atom. The molecular formula is C15H21Cl2N3O2. The highest BCUT2D eigenvalue weighted by Gasteiger charge is 2.34. The van der Waals surface area contributed by atoms with Crippen molar-refractivity contribution >= 4 is 41.5 Å². The molecule has 0 spiro atoms. The number of halogens is 2. The molecule has 5 nitrogen and oxygen atoms in total. The third-order valence-corrected chi connectivity index (χ3v) is 3.74. The van der Waals surface area contributed by atoms with Crippen molar-refractivity contribution in [2.75, 3.05) is 31.1 Å². The molecular weight excluding hydrogens is 325 g/mol. The number of hydrogen-bond acceptors (Lipinski definition) is 3. The molecule has 1 unspecified atom stereocenters. The fraction of sp³-hybridized carbons (Fsp3) is 0.467. The molecule has 1 aromatic rings. The van der Waals surface area contributed by atoms with Crippen LogP contribution >= 0.6 is 24.0 Å². The first-order chi connectivity index (χ1) is 10.1. The SMILES string of the molecule is CCNCCNC(=O)C1CC(=O)N(c2ccc(Cl)cc2)C1.Cl. The van der Waals surface area contributed by atoms with E-state index in [2.05, 4.69) is 10.6 Å². The molecule has 0 saturated carbocycles. The maximum atomic E-state index is 12.1. The molecule has 1 aromatic carbocycles. The zero-order chi connectivity index (χ0) is 15.2. The predicted molar refractivity (Wildman–Crippen MR) is 90.7 cm³/mol. The Morgan fingerprint density at radius 3 is 2.64 bits per heavy atom. The summed E-state index contributed by atoms with van der Waals surface area (Å²) in [5.74, 6) is -0.364. The summed E-state index contributed by atoms with van der Waals surface area (Å²) in [6, 6.07) is 7.08. The van der Waals surface area contributed by atoms with Crippen LogP contribution in [0.2, 0.25) is 5.02 Å². The zero-order valence-electron chi connectivity index (χ0n) is 12.5. The van der Waals surface area contributed by atoms with Crippen LogP contribution in [0.1, 0.15) is 13.3 Å². The summed E-state index contributed by atoms with van der Waals surface area (Å²) in [7, 11) is 0. The number of amides is 2. The number of carbonyl (C=O) groups is 2. The first-order valence-corrected chi connectivity index (χ1v) is 7.54. The Morgan fingerprint density at radius 1 is 1.32 bits per heavy atom. The van der Waals surface area contributed by atoms with Crippen molar-refractivity contribution in [2.45, 2.75) is 13.3 Å². The summed E-state index contributed by atoms with van der Waals surface area (Å²) in [6.07, 6.45) is 0.260. The van der Waals surface area contributed by atoms with Gasteiger partial charge in [-0.2, -0.15) is 0 Å². The fourth-order valence-electron chi connectivity index (χ4n) is 2.35. The molecule has 122 valence electrons. The summed E-state index contributed by atoms with van der Waals surface area (Å²) < 4.78 is 0. The number of nitrogens with one attached hydrogen (secondary N) is 2. The number of benzene rings is 1. The number of anilines is 1. The minimum Gasteiger partial charge on any atom is -0.355 e. The molecule has 0 aliphatic carbocycles. The lowest BCUT2D eigenvalue weighted by Gasteiger charge is -2.16. The summed E-state index contributed by atoms with van der Waals surface area (Å²) in [5.41, 5.74) is 0.785. The average Bonchev–Trinajstić information content (AvgIpc) is 2.86. The highest BCUT2D eigenvalue weighted by atomic mass is 35.5. The van der Waals surface area contributed by atoms with Crippen LogP contribution in [0.25, 0.3) is 0 Å². The van der Waals surface area contributed by atoms with Crippen LogP contribution in [0.5, 0.6) is 0 Å². The second-order valence-corrected chi connectivity index (χ2v) is 5.46. The Kier molecular flexibility index (Phi) is 7.65. The van der Waals surface area contributed by atoms with Gasteiger partial charge in [-0.25, -0.2) is 0 Å². The van der Waals surface area contributed by atoms with Gasteiger partial charge in [-0.15, -0.1) is 12.4 Å². The number of nitrogens with zero attached hydrogens (tertiary/aromatic N) is 1. The van der Waals surface area contributed by atoms with Gasteiger partial charge in [-0.1, -0.05) is 18.5 Å². The van der Waals surface area contributed by atoms with Gasteiger partial charge < -0.3 is 15.5 Å². The van der Waals surface area contributed by atoms with Crippen molar-refractivity contribution < 1.29 is 9.59 Å². The predicted octanol–water partition coefficient (Wildman–Crippen LogP) is 1.84. The summed E-state index contributed by atoms with van der Waals surface area (Å²) in [4.78, 5) is 25.7. The van der Waals surface area contributed by atoms with Crippen LogP contribution in [0.4, 0.5) is 5.69 Å². The maximum absolute atomic E-state index is 12.1. The van der Waals surface area contributed by atoms with Gasteiger partial charge in [-0.05, 0) is 30.8 Å². The molecule has 0 radical (unpaired) electrons. The van der Waals surface area contributed by atoms with E-state index in [4.69, 9.17) is 11.6 Å². The Balaban J connectivity index is 0.00000242. The zero-order valence-corrected chi connectivity index (χ0v) is 14.0. The van der Waals surface area contributed by atoms with Gasteiger partial charge in [0.15, 0.2) is 0 Å². The van der Waals surface area contributed by atoms with Gasteiger partial charge in [-0.3, -0.25) is 9.59 Å². The van der Waals surface area contributed by atoms with Crippen molar-refractivity contribution in [1.29, 1.82) is 0 Å². The van der Waals surface area contributed by atoms with Gasteiger partial charge in [0.25, 0.3) is 0 Å². The van der Waals surface area contributed by atoms with E-state index in [-0.39, 0.29) is 36.6 Å². The average molecular weight is 346 g/mol. The van der Waals surface area contributed by atoms with Crippen LogP contribution in [0, 0.1) is 5.92 Å². The van der Waals surface area contributed by atoms with Gasteiger partial charge in [0.2, 0.25) is 11.8 Å². The van der Waals surface area contributed by atoms with Crippen molar-refractivity contribution in [1.82, 2.24) is 10.6 Å². The summed E-state index contributed by atoms with van der Waals surface area (Å²) in [6.45, 7) is 4.64. The van der Waals surface area contributed by atoms with E-state index in [0.29, 0.717) is 18.1 Å². The fourth-order valence-corrected chi connectivity index (χ4v) is 2.47. The Hall–Kier alpha value is -1.30. The van der Waals surface area contributed by atoms with E-state index < -0.39 is 0 Å². The van der Waals surface area contributed by atoms with Crippen LogP contribution in [-0.4, -0.2) is 38.0 Å². The van der Waals surface area contributed by atoms with E-state index in [0.717, 1.165) is 18.8 Å². The maximum Gasteiger partial charge on any atom is 0.227 e. The lowest BCUT2D eigenvalue weighted by atomic mass is 10.1. The monoisotopic (exact) mass is 345 g/mol. The van der Waals surface area contributed by atoms with Crippen molar-refractivity contribution in [3.8, 4) is 0 Å². The first-order valence-electron chi connectivity index (χ1n) is 7.16. The molecule has 1 fully saturated rings. The molecule has 7 heteroatoms. The molecule has 1 atom stereocenters. The number of rotatable bonds is 6. The summed E-state index contributed by atoms with van der Waals surface area (Å²) in [5, 5.41) is 6.63. The molecule has 1 aliphatic rings. The van der Waals surface area contributed by atoms with Gasteiger partial charge in [0.05, 0.1) is 5.92 Å². The quantitative estimate of drug-likeness (QED) is 0.773. The largest absolute Gasteiger partial charge is 0.355 e. The standard InChI is InChI=1S/C15H20ClN3O2.ClH/c1-2-17-7-8-18-15(21)11-9-14(20)19(10-11)13-5-3-12(16)4-6-13;/h3-6,11,17H,2,7-10H2,1H3,(H,18,21);1H. The molecule has 1 aliphatic heterocycles. The van der Waals surface area contributed by atoms with E-state index in [9.17, 15) is 9.59 Å². The van der Waals surface area contributed by atoms with Crippen molar-refractivity contribution in [3.05, 3.63) is 29.3 Å². The minimum atomic E-state index is -0.283. The van der Waals surface area contributed by atoms with Crippen LogP contribution in [0.3, 0.4) is 0 Å². The Labute approximate surface area is 141 Å². The molecule has 2 N–H and O–H groups in total. The number of likely N-dealkylation sites (N-methyl/N-ethyl adjacent to an activating group) is 1. The van der Waals surface area contributed by atoms with E-state index in [1.165, 1.54) is 0 Å². The minimum absolute atomic E-state index is 0. The lowest BCUT2D eigenvalue weighted by Crippen LogP contribution is -2.37.